The molecule has 0 atom stereocenters. The van der Waals surface area contributed by atoms with Gasteiger partial charge in [0.1, 0.15) is 4.75 Å². The minimum Gasteiger partial charge on any atom is -0.480 e. The van der Waals surface area contributed by atoms with E-state index in [0.29, 0.717) is 30.8 Å². The fraction of sp³-hybridized carbons (Fsp3) is 0.560. The summed E-state index contributed by atoms with van der Waals surface area (Å²) in [6, 6.07) is 8.15. The highest BCUT2D eigenvalue weighted by atomic mass is 32.2. The second kappa shape index (κ2) is 12.0. The van der Waals surface area contributed by atoms with Crippen molar-refractivity contribution in [2.45, 2.75) is 75.0 Å². The molecule has 9 heteroatoms. The number of benzene rings is 1. The lowest BCUT2D eigenvalue weighted by atomic mass is 9.86. The van der Waals surface area contributed by atoms with Gasteiger partial charge in [0, 0.05) is 12.6 Å². The van der Waals surface area contributed by atoms with Crippen LogP contribution in [-0.4, -0.2) is 50.9 Å². The molecule has 0 saturated heterocycles. The summed E-state index contributed by atoms with van der Waals surface area (Å²) in [6.07, 6.45) is 5.81. The van der Waals surface area contributed by atoms with Gasteiger partial charge in [0.2, 0.25) is 0 Å². The molecule has 0 bridgehead atoms. The maximum absolute atomic E-state index is 13.2. The Morgan fingerprint density at radius 1 is 1.26 bits per heavy atom. The molecule has 1 fully saturated rings. The predicted molar refractivity (Wildman–Crippen MR) is 138 cm³/mol. The number of carboxylic acids is 1. The van der Waals surface area contributed by atoms with Gasteiger partial charge in [-0.25, -0.2) is 9.78 Å². The van der Waals surface area contributed by atoms with Crippen LogP contribution >= 0.6 is 23.1 Å². The minimum atomic E-state index is -0.965. The second-order valence-corrected chi connectivity index (χ2v) is 12.4. The van der Waals surface area contributed by atoms with Gasteiger partial charge in [-0.3, -0.25) is 10.1 Å². The van der Waals surface area contributed by atoms with Gasteiger partial charge in [-0.2, -0.15) is 0 Å². The molecule has 1 aliphatic rings. The summed E-state index contributed by atoms with van der Waals surface area (Å²) in [5, 5.41) is 12.8. The van der Waals surface area contributed by atoms with Gasteiger partial charge in [0.15, 0.2) is 5.13 Å². The normalized spacial score (nSPS) is 18.5. The lowest BCUT2D eigenvalue weighted by Gasteiger charge is -2.36. The van der Waals surface area contributed by atoms with E-state index in [-0.39, 0.29) is 12.1 Å². The lowest BCUT2D eigenvalue weighted by molar-refractivity contribution is -0.138. The number of ether oxygens (including phenoxy) is 1. The zero-order valence-corrected chi connectivity index (χ0v) is 22.0. The summed E-state index contributed by atoms with van der Waals surface area (Å²) in [5.74, 6) is -0.200. The predicted octanol–water partition coefficient (Wildman–Crippen LogP) is 6.04. The van der Waals surface area contributed by atoms with Crippen LogP contribution in [-0.2, 0) is 16.1 Å². The van der Waals surface area contributed by atoms with Crippen molar-refractivity contribution in [1.29, 1.82) is 0 Å². The third kappa shape index (κ3) is 7.45. The van der Waals surface area contributed by atoms with E-state index < -0.39 is 10.7 Å². The molecule has 0 spiro atoms. The largest absolute Gasteiger partial charge is 0.480 e. The van der Waals surface area contributed by atoms with E-state index in [1.165, 1.54) is 28.7 Å². The first-order valence-electron chi connectivity index (χ1n) is 11.7. The van der Waals surface area contributed by atoms with Crippen molar-refractivity contribution in [1.82, 2.24) is 9.88 Å². The van der Waals surface area contributed by atoms with E-state index >= 15 is 0 Å². The number of urea groups is 1. The molecule has 2 amide bonds. The highest BCUT2D eigenvalue weighted by Crippen LogP contribution is 2.37. The van der Waals surface area contributed by atoms with E-state index in [2.05, 4.69) is 36.3 Å². The Labute approximate surface area is 210 Å². The SMILES string of the molecule is Cc1ccccc1COCCN(C(=O)Nc1ncc(SC(C)(C)C(=O)O)s1)[C@H]1CC[C@H](C)CC1. The topological polar surface area (TPSA) is 91.8 Å². The van der Waals surface area contributed by atoms with E-state index in [0.717, 1.165) is 35.5 Å². The first kappa shape index (κ1) is 26.5. The van der Waals surface area contributed by atoms with Gasteiger partial charge in [-0.15, -0.1) is 0 Å². The van der Waals surface area contributed by atoms with Crippen LogP contribution in [0.3, 0.4) is 0 Å². The molecule has 1 aromatic carbocycles. The minimum absolute atomic E-state index is 0.178. The van der Waals surface area contributed by atoms with Crippen molar-refractivity contribution in [3.63, 3.8) is 0 Å². The standard InChI is InChI=1S/C25H35N3O4S2/c1-17-9-11-20(12-10-17)28(13-14-32-16-19-8-6-5-7-18(19)2)24(31)27-23-26-15-21(33-23)34-25(3,4)22(29)30/h5-8,15,17,20H,9-14,16H2,1-4H3,(H,29,30)(H,26,27,31)/t17-,20-. The number of thiazole rings is 1. The summed E-state index contributed by atoms with van der Waals surface area (Å²) in [6.45, 7) is 9.13. The van der Waals surface area contributed by atoms with Gasteiger partial charge in [0.25, 0.3) is 0 Å². The number of hydrogen-bond acceptors (Lipinski definition) is 6. The van der Waals surface area contributed by atoms with E-state index in [1.54, 1.807) is 20.0 Å². The number of nitrogens with zero attached hydrogens (tertiary/aromatic N) is 2. The summed E-state index contributed by atoms with van der Waals surface area (Å²) in [5.41, 5.74) is 2.35. The first-order valence-corrected chi connectivity index (χ1v) is 13.4. The molecule has 7 nitrogen and oxygen atoms in total. The molecule has 2 N–H and O–H groups in total. The Morgan fingerprint density at radius 3 is 2.65 bits per heavy atom. The van der Waals surface area contributed by atoms with Crippen LogP contribution in [0.25, 0.3) is 0 Å². The Bertz CT molecular complexity index is 971. The molecule has 1 heterocycles. The van der Waals surface area contributed by atoms with Gasteiger partial charge in [0.05, 0.1) is 23.6 Å². The monoisotopic (exact) mass is 505 g/mol. The van der Waals surface area contributed by atoms with Gasteiger partial charge < -0.3 is 14.7 Å². The third-order valence-corrected chi connectivity index (χ3v) is 8.45. The Kier molecular flexibility index (Phi) is 9.39. The van der Waals surface area contributed by atoms with Gasteiger partial charge >= 0.3 is 12.0 Å². The number of nitrogens with one attached hydrogen (secondary N) is 1. The number of carbonyl (C=O) groups is 2. The molecule has 34 heavy (non-hydrogen) atoms. The Morgan fingerprint density at radius 2 is 1.97 bits per heavy atom. The fourth-order valence-corrected chi connectivity index (χ4v) is 6.21. The molecule has 0 aliphatic heterocycles. The van der Waals surface area contributed by atoms with Crippen LogP contribution in [0.15, 0.2) is 34.7 Å². The highest BCUT2D eigenvalue weighted by Gasteiger charge is 2.30. The van der Waals surface area contributed by atoms with Crippen molar-refractivity contribution in [3.05, 3.63) is 41.6 Å². The molecule has 0 unspecified atom stereocenters. The smallest absolute Gasteiger partial charge is 0.323 e. The van der Waals surface area contributed by atoms with Crippen LogP contribution in [0.2, 0.25) is 0 Å². The molecule has 2 aromatic rings. The van der Waals surface area contributed by atoms with Crippen LogP contribution < -0.4 is 5.32 Å². The average Bonchev–Trinajstić information content (AvgIpc) is 3.21. The Hall–Kier alpha value is -2.10. The average molecular weight is 506 g/mol. The van der Waals surface area contributed by atoms with E-state index in [1.807, 2.05) is 17.0 Å². The zero-order chi connectivity index (χ0) is 24.7. The van der Waals surface area contributed by atoms with Crippen LogP contribution in [0.4, 0.5) is 9.93 Å². The molecule has 1 aromatic heterocycles. The maximum atomic E-state index is 13.2. The molecule has 1 saturated carbocycles. The van der Waals surface area contributed by atoms with Crippen molar-refractivity contribution in [2.75, 3.05) is 18.5 Å². The van der Waals surface area contributed by atoms with Crippen molar-refractivity contribution < 1.29 is 19.4 Å². The zero-order valence-electron chi connectivity index (χ0n) is 20.4. The third-order valence-electron chi connectivity index (χ3n) is 6.25. The number of carboxylic acid groups (broad SMARTS) is 1. The number of aryl methyl sites for hydroxylation is 1. The fourth-order valence-electron chi connectivity index (χ4n) is 3.94. The quantitative estimate of drug-likeness (QED) is 0.302. The summed E-state index contributed by atoms with van der Waals surface area (Å²) >= 11 is 2.52. The number of hydrogen-bond donors (Lipinski definition) is 2. The number of anilines is 1. The number of thioether (sulfide) groups is 1. The molecule has 0 radical (unpaired) electrons. The molecule has 186 valence electrons. The van der Waals surface area contributed by atoms with Gasteiger partial charge in [-0.1, -0.05) is 54.3 Å². The molecular weight excluding hydrogens is 470 g/mol. The van der Waals surface area contributed by atoms with E-state index in [4.69, 9.17) is 4.74 Å². The van der Waals surface area contributed by atoms with Crippen molar-refractivity contribution in [3.8, 4) is 0 Å². The number of carbonyl (C=O) groups excluding carboxylic acids is 1. The molecule has 3 rings (SSSR count). The molecule has 1 aliphatic carbocycles. The number of amides is 2. The van der Waals surface area contributed by atoms with Crippen LogP contribution in [0.5, 0.6) is 0 Å². The van der Waals surface area contributed by atoms with Gasteiger partial charge in [-0.05, 0) is 63.5 Å². The number of aromatic nitrogens is 1. The lowest BCUT2D eigenvalue weighted by Crippen LogP contribution is -2.46. The van der Waals surface area contributed by atoms with E-state index in [9.17, 15) is 14.7 Å². The second-order valence-electron chi connectivity index (χ2n) is 9.42. The maximum Gasteiger partial charge on any atom is 0.323 e. The summed E-state index contributed by atoms with van der Waals surface area (Å²) < 4.78 is 5.72. The summed E-state index contributed by atoms with van der Waals surface area (Å²) in [7, 11) is 0. The Balaban J connectivity index is 1.60. The summed E-state index contributed by atoms with van der Waals surface area (Å²) in [4.78, 5) is 30.8. The number of aliphatic carboxylic acids is 1. The number of rotatable bonds is 10. The van der Waals surface area contributed by atoms with Crippen molar-refractivity contribution >= 4 is 40.2 Å². The van der Waals surface area contributed by atoms with Crippen LogP contribution in [0, 0.1) is 12.8 Å². The first-order chi connectivity index (χ1) is 16.2. The highest BCUT2D eigenvalue weighted by molar-refractivity contribution is 8.03. The van der Waals surface area contributed by atoms with Crippen molar-refractivity contribution in [2.24, 2.45) is 5.92 Å². The molecular formula is C25H35N3O4S2. The van der Waals surface area contributed by atoms with Crippen LogP contribution in [0.1, 0.15) is 57.6 Å².